The number of hydrogen-bond donors (Lipinski definition) is 2. The zero-order chi connectivity index (χ0) is 15.7. The van der Waals surface area contributed by atoms with Crippen molar-refractivity contribution in [3.05, 3.63) is 0 Å². The predicted octanol–water partition coefficient (Wildman–Crippen LogP) is 1.82. The molecular formula is C15H27NO4S. The molecule has 5 nitrogen and oxygen atoms in total. The van der Waals surface area contributed by atoms with Crippen LogP contribution in [0, 0.1) is 11.8 Å². The van der Waals surface area contributed by atoms with E-state index in [4.69, 9.17) is 0 Å². The van der Waals surface area contributed by atoms with E-state index in [9.17, 15) is 18.3 Å². The second kappa shape index (κ2) is 6.24. The van der Waals surface area contributed by atoms with Gasteiger partial charge in [-0.15, -0.1) is 0 Å². The van der Waals surface area contributed by atoms with Gasteiger partial charge < -0.3 is 10.4 Å². The minimum Gasteiger partial charge on any atom is -0.481 e. The summed E-state index contributed by atoms with van der Waals surface area (Å²) in [4.78, 5) is 11.2. The molecule has 21 heavy (non-hydrogen) atoms. The van der Waals surface area contributed by atoms with Gasteiger partial charge >= 0.3 is 5.97 Å². The van der Waals surface area contributed by atoms with Gasteiger partial charge in [0.15, 0.2) is 9.84 Å². The van der Waals surface area contributed by atoms with Crippen LogP contribution < -0.4 is 5.32 Å². The molecule has 2 atom stereocenters. The van der Waals surface area contributed by atoms with Crippen molar-refractivity contribution in [1.29, 1.82) is 0 Å². The molecule has 2 N–H and O–H groups in total. The van der Waals surface area contributed by atoms with E-state index >= 15 is 0 Å². The summed E-state index contributed by atoms with van der Waals surface area (Å²) in [5.74, 6) is -2.23. The molecule has 1 saturated heterocycles. The van der Waals surface area contributed by atoms with Gasteiger partial charge in [-0.05, 0) is 31.6 Å². The summed E-state index contributed by atoms with van der Waals surface area (Å²) in [6.07, 6.45) is 6.29. The summed E-state index contributed by atoms with van der Waals surface area (Å²) in [7, 11) is -3.36. The van der Waals surface area contributed by atoms with Crippen molar-refractivity contribution in [3.63, 3.8) is 0 Å². The molecule has 1 heterocycles. The lowest BCUT2D eigenvalue weighted by molar-refractivity contribution is -0.142. The van der Waals surface area contributed by atoms with Crippen molar-refractivity contribution >= 4 is 15.8 Å². The number of carboxylic acid groups (broad SMARTS) is 1. The van der Waals surface area contributed by atoms with Gasteiger partial charge in [0.25, 0.3) is 0 Å². The molecule has 2 rings (SSSR count). The Kier molecular flexibility index (Phi) is 4.98. The summed E-state index contributed by atoms with van der Waals surface area (Å²) >= 11 is 0. The fourth-order valence-corrected chi connectivity index (χ4v) is 5.79. The number of aliphatic carboxylic acids is 1. The van der Waals surface area contributed by atoms with Gasteiger partial charge in [-0.2, -0.15) is 0 Å². The topological polar surface area (TPSA) is 83.5 Å². The highest BCUT2D eigenvalue weighted by Crippen LogP contribution is 2.37. The Balaban J connectivity index is 1.99. The Hall–Kier alpha value is -0.620. The van der Waals surface area contributed by atoms with Crippen molar-refractivity contribution in [1.82, 2.24) is 5.32 Å². The van der Waals surface area contributed by atoms with E-state index in [0.717, 1.165) is 19.3 Å². The molecule has 0 amide bonds. The molecular weight excluding hydrogens is 290 g/mol. The summed E-state index contributed by atoms with van der Waals surface area (Å²) in [6.45, 7) is 4.01. The highest BCUT2D eigenvalue weighted by Gasteiger charge is 2.42. The fourth-order valence-electron chi connectivity index (χ4n) is 3.68. The number of piperidine rings is 1. The molecule has 1 aliphatic carbocycles. The molecule has 0 radical (unpaired) electrons. The van der Waals surface area contributed by atoms with Gasteiger partial charge in [0.1, 0.15) is 0 Å². The van der Waals surface area contributed by atoms with Gasteiger partial charge in [-0.3, -0.25) is 4.79 Å². The minimum absolute atomic E-state index is 0.163. The first kappa shape index (κ1) is 16.7. The number of nitrogens with one attached hydrogen (secondary N) is 1. The molecule has 6 heteroatoms. The SMILES string of the molecule is CC(C)C(CS(=O)(=O)C1CCC2(CCCC2)NC1)C(=O)O. The van der Waals surface area contributed by atoms with E-state index in [1.165, 1.54) is 12.8 Å². The number of carboxylic acids is 1. The van der Waals surface area contributed by atoms with Crippen molar-refractivity contribution in [2.24, 2.45) is 11.8 Å². The van der Waals surface area contributed by atoms with Crippen molar-refractivity contribution < 1.29 is 18.3 Å². The van der Waals surface area contributed by atoms with Crippen LogP contribution in [-0.2, 0) is 14.6 Å². The average Bonchev–Trinajstić information content (AvgIpc) is 2.84. The molecule has 0 aromatic heterocycles. The van der Waals surface area contributed by atoms with Crippen LogP contribution in [0.4, 0.5) is 0 Å². The Morgan fingerprint density at radius 3 is 2.33 bits per heavy atom. The summed E-state index contributed by atoms with van der Waals surface area (Å²) in [5.41, 5.74) is 0.163. The zero-order valence-electron chi connectivity index (χ0n) is 13.0. The first-order valence-electron chi connectivity index (χ1n) is 7.95. The van der Waals surface area contributed by atoms with Gasteiger partial charge in [-0.25, -0.2) is 8.42 Å². The van der Waals surface area contributed by atoms with Gasteiger partial charge in [0, 0.05) is 12.1 Å². The second-order valence-electron chi connectivity index (χ2n) is 7.05. The van der Waals surface area contributed by atoms with E-state index in [1.807, 2.05) is 0 Å². The lowest BCUT2D eigenvalue weighted by Gasteiger charge is -2.38. The predicted molar refractivity (Wildman–Crippen MR) is 82.0 cm³/mol. The van der Waals surface area contributed by atoms with Crippen LogP contribution in [0.5, 0.6) is 0 Å². The van der Waals surface area contributed by atoms with Crippen LogP contribution in [0.15, 0.2) is 0 Å². The molecule has 2 unspecified atom stereocenters. The van der Waals surface area contributed by atoms with Crippen LogP contribution >= 0.6 is 0 Å². The standard InChI is InChI=1S/C15H27NO4S/c1-11(2)13(14(17)18)10-21(19,20)12-5-8-15(16-9-12)6-3-4-7-15/h11-13,16H,3-10H2,1-2H3,(H,17,18). The Morgan fingerprint density at radius 2 is 1.90 bits per heavy atom. The maximum atomic E-state index is 12.5. The first-order chi connectivity index (χ1) is 9.76. The van der Waals surface area contributed by atoms with Crippen LogP contribution in [0.3, 0.4) is 0 Å². The van der Waals surface area contributed by atoms with Crippen molar-refractivity contribution in [2.75, 3.05) is 12.3 Å². The third-order valence-electron chi connectivity index (χ3n) is 5.25. The summed E-state index contributed by atoms with van der Waals surface area (Å²) < 4.78 is 25.0. The van der Waals surface area contributed by atoms with Crippen LogP contribution in [-0.4, -0.2) is 42.6 Å². The molecule has 0 bridgehead atoms. The van der Waals surface area contributed by atoms with Crippen LogP contribution in [0.2, 0.25) is 0 Å². The maximum absolute atomic E-state index is 12.5. The quantitative estimate of drug-likeness (QED) is 0.808. The highest BCUT2D eigenvalue weighted by molar-refractivity contribution is 7.92. The molecule has 122 valence electrons. The van der Waals surface area contributed by atoms with E-state index in [2.05, 4.69) is 5.32 Å². The maximum Gasteiger partial charge on any atom is 0.307 e. The van der Waals surface area contributed by atoms with Gasteiger partial charge in [0.2, 0.25) is 0 Å². The Labute approximate surface area is 127 Å². The molecule has 1 spiro atoms. The highest BCUT2D eigenvalue weighted by atomic mass is 32.2. The minimum atomic E-state index is -3.36. The third-order valence-corrected chi connectivity index (χ3v) is 7.49. The zero-order valence-corrected chi connectivity index (χ0v) is 13.8. The fraction of sp³-hybridized carbons (Fsp3) is 0.933. The number of hydrogen-bond acceptors (Lipinski definition) is 4. The molecule has 1 aliphatic heterocycles. The molecule has 0 aromatic rings. The van der Waals surface area contributed by atoms with Crippen LogP contribution in [0.25, 0.3) is 0 Å². The lowest BCUT2D eigenvalue weighted by Crippen LogP contribution is -2.53. The third kappa shape index (κ3) is 3.77. The van der Waals surface area contributed by atoms with E-state index in [0.29, 0.717) is 13.0 Å². The van der Waals surface area contributed by atoms with Crippen molar-refractivity contribution in [2.45, 2.75) is 63.2 Å². The second-order valence-corrected chi connectivity index (χ2v) is 9.37. The van der Waals surface area contributed by atoms with E-state index in [1.54, 1.807) is 13.8 Å². The number of rotatable bonds is 5. The first-order valence-corrected chi connectivity index (χ1v) is 9.67. The number of sulfone groups is 1. The van der Waals surface area contributed by atoms with Crippen LogP contribution in [0.1, 0.15) is 52.4 Å². The summed E-state index contributed by atoms with van der Waals surface area (Å²) in [5, 5.41) is 12.2. The largest absolute Gasteiger partial charge is 0.481 e. The summed E-state index contributed by atoms with van der Waals surface area (Å²) in [6, 6.07) is 0. The Morgan fingerprint density at radius 1 is 1.29 bits per heavy atom. The molecule has 0 aromatic carbocycles. The lowest BCUT2D eigenvalue weighted by atomic mass is 9.87. The van der Waals surface area contributed by atoms with Gasteiger partial charge in [0.05, 0.1) is 16.9 Å². The Bertz CT molecular complexity index is 470. The smallest absolute Gasteiger partial charge is 0.307 e. The molecule has 2 fully saturated rings. The van der Waals surface area contributed by atoms with Gasteiger partial charge in [-0.1, -0.05) is 26.7 Å². The molecule has 2 aliphatic rings. The van der Waals surface area contributed by atoms with Crippen molar-refractivity contribution in [3.8, 4) is 0 Å². The van der Waals surface area contributed by atoms with E-state index < -0.39 is 27.0 Å². The average molecular weight is 317 g/mol. The van der Waals surface area contributed by atoms with E-state index in [-0.39, 0.29) is 17.2 Å². The molecule has 1 saturated carbocycles. The number of carbonyl (C=O) groups is 1. The normalized spacial score (nSPS) is 27.1. The monoisotopic (exact) mass is 317 g/mol.